The Hall–Kier alpha value is -2.92. The molecule has 2 aromatic carbocycles. The van der Waals surface area contributed by atoms with Crippen LogP contribution < -0.4 is 14.4 Å². The quantitative estimate of drug-likeness (QED) is 0.419. The number of nitrogens with zero attached hydrogens (tertiary/aromatic N) is 3. The van der Waals surface area contributed by atoms with E-state index >= 15 is 0 Å². The fourth-order valence-electron chi connectivity index (χ4n) is 3.03. The fraction of sp³-hybridized carbons (Fsp3) is 0.143. The number of para-hydroxylation sites is 1. The van der Waals surface area contributed by atoms with E-state index in [1.54, 1.807) is 42.9 Å². The monoisotopic (exact) mass is 490 g/mol. The Morgan fingerprint density at radius 1 is 1.19 bits per heavy atom. The number of thiazole rings is 1. The zero-order chi connectivity index (χ0) is 22.7. The molecule has 0 aliphatic carbocycles. The van der Waals surface area contributed by atoms with Gasteiger partial charge in [-0.2, -0.15) is 0 Å². The number of hydrogen-bond donors (Lipinski definition) is 1. The Morgan fingerprint density at radius 3 is 2.62 bits per heavy atom. The number of aromatic nitrogens is 2. The summed E-state index contributed by atoms with van der Waals surface area (Å²) >= 11 is 7.32. The minimum atomic E-state index is -3.82. The van der Waals surface area contributed by atoms with Crippen LogP contribution in [0.5, 0.6) is 5.75 Å². The maximum absolute atomic E-state index is 12.7. The van der Waals surface area contributed by atoms with Crippen LogP contribution in [0.15, 0.2) is 71.2 Å². The smallest absolute Gasteiger partial charge is 0.410 e. The third-order valence-electron chi connectivity index (χ3n) is 4.68. The Labute approximate surface area is 194 Å². The van der Waals surface area contributed by atoms with E-state index in [1.165, 1.54) is 20.6 Å². The summed E-state index contributed by atoms with van der Waals surface area (Å²) in [5.74, 6) is 0.396. The van der Waals surface area contributed by atoms with E-state index in [0.29, 0.717) is 17.1 Å². The SMILES string of the molecule is CN(C(=O)Oc1ccc(CCNS(=O)(=O)c2c(Cl)nc3sccn23)cc1)c1ccccc1. The zero-order valence-corrected chi connectivity index (χ0v) is 19.3. The Balaban J connectivity index is 1.33. The fourth-order valence-corrected chi connectivity index (χ4v) is 5.51. The number of hydrogen-bond acceptors (Lipinski definition) is 6. The summed E-state index contributed by atoms with van der Waals surface area (Å²) in [4.78, 5) is 18.3. The molecule has 2 aromatic heterocycles. The molecule has 1 N–H and O–H groups in total. The first-order chi connectivity index (χ1) is 15.3. The van der Waals surface area contributed by atoms with Crippen molar-refractivity contribution in [1.82, 2.24) is 14.1 Å². The molecule has 0 saturated carbocycles. The van der Waals surface area contributed by atoms with Crippen molar-refractivity contribution >= 4 is 49.7 Å². The van der Waals surface area contributed by atoms with Gasteiger partial charge in [-0.25, -0.2) is 22.9 Å². The third-order valence-corrected chi connectivity index (χ3v) is 7.30. The lowest BCUT2D eigenvalue weighted by atomic mass is 10.1. The van der Waals surface area contributed by atoms with Gasteiger partial charge in [-0.1, -0.05) is 41.9 Å². The van der Waals surface area contributed by atoms with E-state index in [0.717, 1.165) is 11.3 Å². The van der Waals surface area contributed by atoms with Gasteiger partial charge in [0.05, 0.1) is 0 Å². The van der Waals surface area contributed by atoms with E-state index in [9.17, 15) is 13.2 Å². The van der Waals surface area contributed by atoms with Gasteiger partial charge >= 0.3 is 6.09 Å². The van der Waals surface area contributed by atoms with Crippen LogP contribution in [0.25, 0.3) is 4.96 Å². The molecular formula is C21H19ClN4O4S2. The van der Waals surface area contributed by atoms with Crippen LogP contribution in [-0.4, -0.2) is 37.5 Å². The second-order valence-electron chi connectivity index (χ2n) is 6.82. The zero-order valence-electron chi connectivity index (χ0n) is 16.9. The highest BCUT2D eigenvalue weighted by Gasteiger charge is 2.24. The van der Waals surface area contributed by atoms with E-state index < -0.39 is 16.1 Å². The number of benzene rings is 2. The summed E-state index contributed by atoms with van der Waals surface area (Å²) in [6.07, 6.45) is 1.55. The van der Waals surface area contributed by atoms with Gasteiger partial charge in [-0.3, -0.25) is 9.30 Å². The normalized spacial score (nSPS) is 11.6. The largest absolute Gasteiger partial charge is 0.419 e. The number of nitrogens with one attached hydrogen (secondary N) is 1. The summed E-state index contributed by atoms with van der Waals surface area (Å²) in [6.45, 7) is 0.173. The van der Waals surface area contributed by atoms with Crippen LogP contribution in [-0.2, 0) is 16.4 Å². The molecule has 166 valence electrons. The lowest BCUT2D eigenvalue weighted by Gasteiger charge is -2.16. The second kappa shape index (κ2) is 9.29. The van der Waals surface area contributed by atoms with Crippen molar-refractivity contribution in [3.8, 4) is 5.75 Å². The van der Waals surface area contributed by atoms with Gasteiger partial charge in [0.1, 0.15) is 5.75 Å². The maximum atomic E-state index is 12.7. The number of sulfonamides is 1. The van der Waals surface area contributed by atoms with E-state index in [1.807, 2.05) is 30.3 Å². The van der Waals surface area contributed by atoms with Gasteiger partial charge in [0.2, 0.25) is 0 Å². The molecule has 32 heavy (non-hydrogen) atoms. The van der Waals surface area contributed by atoms with E-state index in [4.69, 9.17) is 16.3 Å². The first-order valence-electron chi connectivity index (χ1n) is 9.55. The number of carbonyl (C=O) groups excluding carboxylic acids is 1. The standard InChI is InChI=1S/C21H19ClN4O4S2/c1-25(16-5-3-2-4-6-16)21(27)30-17-9-7-15(8-10-17)11-12-23-32(28,29)19-18(22)24-20-26(19)13-14-31-20/h2-10,13-14,23H,11-12H2,1H3. The lowest BCUT2D eigenvalue weighted by Crippen LogP contribution is -2.29. The van der Waals surface area contributed by atoms with Crippen LogP contribution in [0.4, 0.5) is 10.5 Å². The Kier molecular flexibility index (Phi) is 6.47. The molecule has 0 fully saturated rings. The topological polar surface area (TPSA) is 93.0 Å². The van der Waals surface area contributed by atoms with Crippen molar-refractivity contribution in [2.24, 2.45) is 0 Å². The van der Waals surface area contributed by atoms with Crippen molar-refractivity contribution in [3.05, 3.63) is 76.9 Å². The predicted octanol–water partition coefficient (Wildman–Crippen LogP) is 4.21. The average molecular weight is 491 g/mol. The maximum Gasteiger partial charge on any atom is 0.419 e. The summed E-state index contributed by atoms with van der Waals surface area (Å²) in [5.41, 5.74) is 1.60. The third kappa shape index (κ3) is 4.78. The van der Waals surface area contributed by atoms with Crippen LogP contribution in [0, 0.1) is 0 Å². The molecule has 0 saturated heterocycles. The first kappa shape index (κ1) is 22.3. The van der Waals surface area contributed by atoms with E-state index in [2.05, 4.69) is 9.71 Å². The number of rotatable bonds is 7. The number of halogens is 1. The number of amides is 1. The summed E-state index contributed by atoms with van der Waals surface area (Å²) in [6, 6.07) is 16.1. The molecule has 0 bridgehead atoms. The Morgan fingerprint density at radius 2 is 1.91 bits per heavy atom. The lowest BCUT2D eigenvalue weighted by molar-refractivity contribution is 0.209. The molecule has 1 amide bonds. The summed E-state index contributed by atoms with van der Waals surface area (Å²) < 4.78 is 34.7. The minimum Gasteiger partial charge on any atom is -0.410 e. The predicted molar refractivity (Wildman–Crippen MR) is 124 cm³/mol. The Bertz CT molecular complexity index is 1340. The molecule has 0 atom stereocenters. The molecule has 4 rings (SSSR count). The molecule has 0 aliphatic rings. The number of ether oxygens (including phenoxy) is 1. The summed E-state index contributed by atoms with van der Waals surface area (Å²) in [7, 11) is -2.19. The molecule has 0 unspecified atom stereocenters. The number of imidazole rings is 1. The number of fused-ring (bicyclic) bond motifs is 1. The first-order valence-corrected chi connectivity index (χ1v) is 12.3. The van der Waals surface area contributed by atoms with Crippen LogP contribution in [0.1, 0.15) is 5.56 Å². The molecule has 0 spiro atoms. The van der Waals surface area contributed by atoms with Crippen molar-refractivity contribution in [3.63, 3.8) is 0 Å². The number of carbonyl (C=O) groups is 1. The van der Waals surface area contributed by atoms with Gasteiger partial charge < -0.3 is 4.74 Å². The van der Waals surface area contributed by atoms with Crippen LogP contribution in [0.3, 0.4) is 0 Å². The number of anilines is 1. The highest BCUT2D eigenvalue weighted by molar-refractivity contribution is 7.89. The van der Waals surface area contributed by atoms with Crippen molar-refractivity contribution in [2.75, 3.05) is 18.5 Å². The average Bonchev–Trinajstić information content (AvgIpc) is 3.34. The molecule has 8 nitrogen and oxygen atoms in total. The molecule has 2 heterocycles. The molecular weight excluding hydrogens is 472 g/mol. The molecule has 11 heteroatoms. The van der Waals surface area contributed by atoms with Crippen molar-refractivity contribution < 1.29 is 17.9 Å². The van der Waals surface area contributed by atoms with Crippen molar-refractivity contribution in [2.45, 2.75) is 11.4 Å². The van der Waals surface area contributed by atoms with Gasteiger partial charge in [-0.05, 0) is 36.2 Å². The summed E-state index contributed by atoms with van der Waals surface area (Å²) in [5, 5.41) is 1.61. The van der Waals surface area contributed by atoms with Crippen LogP contribution in [0.2, 0.25) is 5.15 Å². The highest BCUT2D eigenvalue weighted by Crippen LogP contribution is 2.25. The van der Waals surface area contributed by atoms with Gasteiger partial charge in [0.15, 0.2) is 15.1 Å². The minimum absolute atomic E-state index is 0.0593. The van der Waals surface area contributed by atoms with Gasteiger partial charge in [0.25, 0.3) is 10.0 Å². The van der Waals surface area contributed by atoms with Crippen molar-refractivity contribution in [1.29, 1.82) is 0 Å². The van der Waals surface area contributed by atoms with Gasteiger partial charge in [0, 0.05) is 30.9 Å². The van der Waals surface area contributed by atoms with Crippen LogP contribution >= 0.6 is 22.9 Å². The molecule has 0 aliphatic heterocycles. The highest BCUT2D eigenvalue weighted by atomic mass is 35.5. The van der Waals surface area contributed by atoms with E-state index in [-0.39, 0.29) is 16.7 Å². The molecule has 0 radical (unpaired) electrons. The van der Waals surface area contributed by atoms with Gasteiger partial charge in [-0.15, -0.1) is 11.3 Å². The second-order valence-corrected chi connectivity index (χ2v) is 9.73. The molecule has 4 aromatic rings.